The zero-order chi connectivity index (χ0) is 20.8. The van der Waals surface area contributed by atoms with Crippen LogP contribution in [0.2, 0.25) is 5.02 Å². The Morgan fingerprint density at radius 1 is 1.21 bits per heavy atom. The summed E-state index contributed by atoms with van der Waals surface area (Å²) >= 11 is 9.70. The third-order valence-electron chi connectivity index (χ3n) is 5.71. The van der Waals surface area contributed by atoms with E-state index in [9.17, 15) is 4.79 Å². The van der Waals surface area contributed by atoms with Gasteiger partial charge in [-0.15, -0.1) is 0 Å². The molecule has 4 nitrogen and oxygen atoms in total. The molecule has 4 rings (SSSR count). The highest BCUT2D eigenvalue weighted by molar-refractivity contribution is 9.10. The van der Waals surface area contributed by atoms with E-state index in [0.29, 0.717) is 19.7 Å². The SMILES string of the molecule is CCOC(=O)N1CCc2c(n(Cc3ccc(Cl)cc3)c3ccc(Br)cc23)C1(C)C. The van der Waals surface area contributed by atoms with E-state index in [1.54, 1.807) is 0 Å². The second kappa shape index (κ2) is 7.69. The van der Waals surface area contributed by atoms with Crippen molar-refractivity contribution in [1.82, 2.24) is 9.47 Å². The molecule has 29 heavy (non-hydrogen) atoms. The molecule has 0 aliphatic carbocycles. The van der Waals surface area contributed by atoms with E-state index < -0.39 is 5.54 Å². The lowest BCUT2D eigenvalue weighted by molar-refractivity contribution is 0.0561. The number of hydrogen-bond acceptors (Lipinski definition) is 2. The molecule has 0 saturated heterocycles. The van der Waals surface area contributed by atoms with Crippen molar-refractivity contribution in [3.63, 3.8) is 0 Å². The second-order valence-electron chi connectivity index (χ2n) is 7.86. The Morgan fingerprint density at radius 2 is 1.93 bits per heavy atom. The van der Waals surface area contributed by atoms with Crippen LogP contribution in [0.15, 0.2) is 46.9 Å². The standard InChI is InChI=1S/C23H24BrClN2O2/c1-4-29-22(28)27-12-11-18-19-13-16(24)7-10-20(19)26(21(18)23(27,2)3)14-15-5-8-17(25)9-6-15/h5-10,13H,4,11-12,14H2,1-3H3. The molecular weight excluding hydrogens is 452 g/mol. The van der Waals surface area contributed by atoms with Crippen LogP contribution in [0.3, 0.4) is 0 Å². The van der Waals surface area contributed by atoms with Crippen LogP contribution >= 0.6 is 27.5 Å². The Balaban J connectivity index is 1.90. The maximum atomic E-state index is 12.7. The topological polar surface area (TPSA) is 34.5 Å². The molecule has 0 unspecified atom stereocenters. The van der Waals surface area contributed by atoms with Crippen LogP contribution in [0, 0.1) is 0 Å². The van der Waals surface area contributed by atoms with Crippen LogP contribution in [-0.4, -0.2) is 28.7 Å². The molecule has 0 N–H and O–H groups in total. The van der Waals surface area contributed by atoms with Crippen molar-refractivity contribution in [3.8, 4) is 0 Å². The summed E-state index contributed by atoms with van der Waals surface area (Å²) in [6.07, 6.45) is 0.547. The summed E-state index contributed by atoms with van der Waals surface area (Å²) in [7, 11) is 0. The highest BCUT2D eigenvalue weighted by atomic mass is 79.9. The molecule has 152 valence electrons. The van der Waals surface area contributed by atoms with Crippen molar-refractivity contribution in [2.45, 2.75) is 39.3 Å². The molecule has 1 aliphatic rings. The summed E-state index contributed by atoms with van der Waals surface area (Å²) < 4.78 is 8.75. The van der Waals surface area contributed by atoms with Crippen LogP contribution in [0.1, 0.15) is 37.6 Å². The van der Waals surface area contributed by atoms with Gasteiger partial charge in [0.05, 0.1) is 12.1 Å². The lowest BCUT2D eigenvalue weighted by Gasteiger charge is -2.42. The van der Waals surface area contributed by atoms with Gasteiger partial charge in [0.2, 0.25) is 0 Å². The predicted octanol–water partition coefficient (Wildman–Crippen LogP) is 6.36. The van der Waals surface area contributed by atoms with Gasteiger partial charge in [-0.05, 0) is 68.7 Å². The first-order chi connectivity index (χ1) is 13.8. The summed E-state index contributed by atoms with van der Waals surface area (Å²) in [6.45, 7) is 7.78. The average molecular weight is 476 g/mol. The highest BCUT2D eigenvalue weighted by Crippen LogP contribution is 2.42. The molecule has 0 spiro atoms. The van der Waals surface area contributed by atoms with Crippen molar-refractivity contribution in [2.75, 3.05) is 13.2 Å². The number of carbonyl (C=O) groups excluding carboxylic acids is 1. The molecule has 2 heterocycles. The van der Waals surface area contributed by atoms with Crippen LogP contribution < -0.4 is 0 Å². The first-order valence-electron chi connectivity index (χ1n) is 9.83. The zero-order valence-corrected chi connectivity index (χ0v) is 19.2. The van der Waals surface area contributed by atoms with Gasteiger partial charge in [0.15, 0.2) is 0 Å². The Bertz CT molecular complexity index is 1070. The molecule has 0 fully saturated rings. The van der Waals surface area contributed by atoms with Gasteiger partial charge in [-0.1, -0.05) is 39.7 Å². The molecule has 0 bridgehead atoms. The fourth-order valence-electron chi connectivity index (χ4n) is 4.44. The zero-order valence-electron chi connectivity index (χ0n) is 16.8. The first-order valence-corrected chi connectivity index (χ1v) is 11.0. The molecule has 6 heteroatoms. The van der Waals surface area contributed by atoms with E-state index in [-0.39, 0.29) is 6.09 Å². The number of halogens is 2. The van der Waals surface area contributed by atoms with Gasteiger partial charge in [0, 0.05) is 39.2 Å². The number of ether oxygens (including phenoxy) is 1. The number of fused-ring (bicyclic) bond motifs is 3. The van der Waals surface area contributed by atoms with E-state index in [2.05, 4.69) is 64.7 Å². The molecule has 0 radical (unpaired) electrons. The Labute approximate surface area is 184 Å². The van der Waals surface area contributed by atoms with E-state index in [1.807, 2.05) is 24.0 Å². The first kappa shape index (κ1) is 20.3. The Morgan fingerprint density at radius 3 is 2.62 bits per heavy atom. The van der Waals surface area contributed by atoms with Crippen LogP contribution in [-0.2, 0) is 23.2 Å². The maximum Gasteiger partial charge on any atom is 0.410 e. The molecule has 1 aromatic heterocycles. The number of benzene rings is 2. The lowest BCUT2D eigenvalue weighted by atomic mass is 9.88. The van der Waals surface area contributed by atoms with Crippen molar-refractivity contribution in [1.29, 1.82) is 0 Å². The van der Waals surface area contributed by atoms with Crippen LogP contribution in [0.25, 0.3) is 10.9 Å². The second-order valence-corrected chi connectivity index (χ2v) is 9.21. The molecular formula is C23H24BrClN2O2. The van der Waals surface area contributed by atoms with Gasteiger partial charge in [0.25, 0.3) is 0 Å². The molecule has 1 amide bonds. The van der Waals surface area contributed by atoms with Gasteiger partial charge < -0.3 is 9.30 Å². The average Bonchev–Trinajstić information content (AvgIpc) is 2.98. The fourth-order valence-corrected chi connectivity index (χ4v) is 4.92. The molecule has 1 aliphatic heterocycles. The molecule has 3 aromatic rings. The minimum absolute atomic E-state index is 0.257. The quantitative estimate of drug-likeness (QED) is 0.442. The minimum Gasteiger partial charge on any atom is -0.450 e. The fraction of sp³-hybridized carbons (Fsp3) is 0.348. The van der Waals surface area contributed by atoms with Crippen molar-refractivity contribution < 1.29 is 9.53 Å². The van der Waals surface area contributed by atoms with Crippen LogP contribution in [0.4, 0.5) is 4.79 Å². The molecule has 0 saturated carbocycles. The number of hydrogen-bond donors (Lipinski definition) is 0. The van der Waals surface area contributed by atoms with E-state index in [0.717, 1.165) is 15.9 Å². The summed E-state index contributed by atoms with van der Waals surface area (Å²) in [6, 6.07) is 14.4. The number of carbonyl (C=O) groups is 1. The predicted molar refractivity (Wildman–Crippen MR) is 121 cm³/mol. The van der Waals surface area contributed by atoms with E-state index in [4.69, 9.17) is 16.3 Å². The number of aromatic nitrogens is 1. The van der Waals surface area contributed by atoms with E-state index >= 15 is 0 Å². The Kier molecular flexibility index (Phi) is 5.38. The Hall–Kier alpha value is -1.98. The van der Waals surface area contributed by atoms with Gasteiger partial charge in [-0.3, -0.25) is 4.90 Å². The van der Waals surface area contributed by atoms with Crippen molar-refractivity contribution >= 4 is 44.5 Å². The monoisotopic (exact) mass is 474 g/mol. The number of nitrogens with zero attached hydrogens (tertiary/aromatic N) is 2. The summed E-state index contributed by atoms with van der Waals surface area (Å²) in [4.78, 5) is 14.5. The number of amides is 1. The third-order valence-corrected chi connectivity index (χ3v) is 6.46. The van der Waals surface area contributed by atoms with Gasteiger partial charge >= 0.3 is 6.09 Å². The third kappa shape index (κ3) is 3.55. The van der Waals surface area contributed by atoms with Crippen molar-refractivity contribution in [2.24, 2.45) is 0 Å². The van der Waals surface area contributed by atoms with Gasteiger partial charge in [-0.25, -0.2) is 4.79 Å². The normalized spacial score (nSPS) is 15.4. The van der Waals surface area contributed by atoms with Gasteiger partial charge in [-0.2, -0.15) is 0 Å². The summed E-state index contributed by atoms with van der Waals surface area (Å²) in [5.41, 5.74) is 4.33. The largest absolute Gasteiger partial charge is 0.450 e. The summed E-state index contributed by atoms with van der Waals surface area (Å²) in [5.74, 6) is 0. The lowest BCUT2D eigenvalue weighted by Crippen LogP contribution is -2.51. The highest BCUT2D eigenvalue weighted by Gasteiger charge is 2.42. The smallest absolute Gasteiger partial charge is 0.410 e. The molecule has 0 atom stereocenters. The maximum absolute atomic E-state index is 12.7. The molecule has 2 aromatic carbocycles. The van der Waals surface area contributed by atoms with Gasteiger partial charge in [0.1, 0.15) is 0 Å². The number of rotatable bonds is 3. The van der Waals surface area contributed by atoms with Crippen LogP contribution in [0.5, 0.6) is 0 Å². The van der Waals surface area contributed by atoms with E-state index in [1.165, 1.54) is 27.7 Å². The minimum atomic E-state index is -0.488. The summed E-state index contributed by atoms with van der Waals surface area (Å²) in [5, 5.41) is 1.96. The van der Waals surface area contributed by atoms with Crippen molar-refractivity contribution in [3.05, 3.63) is 68.8 Å².